The third kappa shape index (κ3) is 17.4. The molecule has 0 aromatic carbocycles. The minimum atomic E-state index is -0.335. The van der Waals surface area contributed by atoms with Crippen LogP contribution in [0.2, 0.25) is 0 Å². The van der Waals surface area contributed by atoms with Gasteiger partial charge in [-0.05, 0) is 0 Å². The van der Waals surface area contributed by atoms with Gasteiger partial charge in [-0.25, -0.2) is 0 Å². The van der Waals surface area contributed by atoms with Crippen LogP contribution >= 0.6 is 11.8 Å². The molecule has 0 aliphatic heterocycles. The molecule has 26 heavy (non-hydrogen) atoms. The van der Waals surface area contributed by atoms with Crippen LogP contribution in [0.25, 0.3) is 0 Å². The van der Waals surface area contributed by atoms with E-state index < -0.39 is 0 Å². The van der Waals surface area contributed by atoms with Crippen LogP contribution in [0, 0.1) is 0 Å². The number of hydrogen-bond donors (Lipinski definition) is 1. The number of ether oxygens (including phenoxy) is 1. The van der Waals surface area contributed by atoms with Crippen LogP contribution in [-0.2, 0) is 14.3 Å². The average molecular weight is 453 g/mol. The molecule has 0 aliphatic carbocycles. The van der Waals surface area contributed by atoms with Crippen molar-refractivity contribution >= 4 is 37.6 Å². The summed E-state index contributed by atoms with van der Waals surface area (Å²) in [6, 6.07) is -0.334. The Morgan fingerprint density at radius 3 is 2.00 bits per heavy atom. The third-order valence-electron chi connectivity index (χ3n) is 4.23. The van der Waals surface area contributed by atoms with Gasteiger partial charge in [0, 0.05) is 0 Å². The van der Waals surface area contributed by atoms with E-state index in [0.29, 0.717) is 13.0 Å². The quantitative estimate of drug-likeness (QED) is 0.175. The molecule has 0 amide bonds. The summed E-state index contributed by atoms with van der Waals surface area (Å²) in [5, 5.41) is 0. The molecule has 154 valence electrons. The van der Waals surface area contributed by atoms with Gasteiger partial charge >= 0.3 is 139 Å². The predicted molar refractivity (Wildman–Crippen MR) is 114 cm³/mol. The normalized spacial score (nSPS) is 12.1. The van der Waals surface area contributed by atoms with E-state index in [9.17, 15) is 9.59 Å². The second-order valence-corrected chi connectivity index (χ2v) is 9.86. The van der Waals surface area contributed by atoms with E-state index in [1.165, 1.54) is 57.8 Å². The Bertz CT molecular complexity index is 356. The average Bonchev–Trinajstić information content (AvgIpc) is 2.62. The predicted octanol–water partition coefficient (Wildman–Crippen LogP) is 4.72. The number of thioether (sulfide) groups is 1. The number of esters is 1. The Kier molecular flexibility index (Phi) is 19.7. The number of nitrogens with one attached hydrogen (secondary N) is 1. The molecule has 6 heteroatoms. The molecule has 0 fully saturated rings. The molecule has 0 rings (SSSR count). The monoisotopic (exact) mass is 453 g/mol. The summed E-state index contributed by atoms with van der Waals surface area (Å²) in [5.41, 5.74) is 0. The zero-order valence-corrected chi connectivity index (χ0v) is 19.5. The SMILES string of the molecule is CCCCCCCCCCCCCOC(=O)[C@H](CCSC)N[Se]C(C)=O. The van der Waals surface area contributed by atoms with Crippen molar-refractivity contribution in [3.05, 3.63) is 0 Å². The molecule has 0 aliphatic rings. The molecule has 0 heterocycles. The first-order valence-electron chi connectivity index (χ1n) is 10.2. The van der Waals surface area contributed by atoms with Crippen molar-refractivity contribution in [1.29, 1.82) is 0 Å². The Balaban J connectivity index is 3.61. The molecular weight excluding hydrogens is 413 g/mol. The molecule has 0 saturated heterocycles. The van der Waals surface area contributed by atoms with Crippen LogP contribution in [0.3, 0.4) is 0 Å². The summed E-state index contributed by atoms with van der Waals surface area (Å²) in [6.45, 7) is 4.31. The van der Waals surface area contributed by atoms with Crippen molar-refractivity contribution in [2.24, 2.45) is 0 Å². The molecule has 0 aromatic rings. The van der Waals surface area contributed by atoms with Crippen molar-refractivity contribution in [3.8, 4) is 0 Å². The fourth-order valence-electron chi connectivity index (χ4n) is 2.65. The van der Waals surface area contributed by atoms with Gasteiger partial charge in [0.05, 0.1) is 0 Å². The van der Waals surface area contributed by atoms with Gasteiger partial charge in [0.2, 0.25) is 0 Å². The number of carbonyl (C=O) groups excluding carboxylic acids is 2. The molecule has 0 aromatic heterocycles. The molecular formula is C20H39NO3SSe. The molecule has 0 unspecified atom stereocenters. The van der Waals surface area contributed by atoms with Crippen LogP contribution in [0.5, 0.6) is 0 Å². The zero-order chi connectivity index (χ0) is 19.5. The summed E-state index contributed by atoms with van der Waals surface area (Å²) >= 11 is 1.37. The van der Waals surface area contributed by atoms with Gasteiger partial charge in [-0.3, -0.25) is 0 Å². The molecule has 1 N–H and O–H groups in total. The van der Waals surface area contributed by atoms with E-state index in [1.807, 2.05) is 6.26 Å². The van der Waals surface area contributed by atoms with Gasteiger partial charge in [0.15, 0.2) is 0 Å². The topological polar surface area (TPSA) is 55.4 Å². The molecule has 1 atom stereocenters. The maximum atomic E-state index is 12.1. The molecule has 0 saturated carbocycles. The molecule has 4 nitrogen and oxygen atoms in total. The summed E-state index contributed by atoms with van der Waals surface area (Å²) in [6.07, 6.45) is 16.9. The van der Waals surface area contributed by atoms with Crippen LogP contribution < -0.4 is 4.33 Å². The number of rotatable bonds is 19. The number of carbonyl (C=O) groups is 2. The van der Waals surface area contributed by atoms with E-state index in [1.54, 1.807) is 18.7 Å². The van der Waals surface area contributed by atoms with Gasteiger partial charge in [0.25, 0.3) is 0 Å². The minimum absolute atomic E-state index is 0.102. The first-order valence-corrected chi connectivity index (χ1v) is 13.3. The zero-order valence-electron chi connectivity index (χ0n) is 17.0. The van der Waals surface area contributed by atoms with E-state index >= 15 is 0 Å². The maximum absolute atomic E-state index is 12.1. The Hall–Kier alpha value is -0.0305. The fourth-order valence-corrected chi connectivity index (χ4v) is 4.22. The molecule has 0 bridgehead atoms. The van der Waals surface area contributed by atoms with Crippen molar-refractivity contribution < 1.29 is 14.3 Å². The van der Waals surface area contributed by atoms with Crippen LogP contribution in [0.4, 0.5) is 0 Å². The Morgan fingerprint density at radius 1 is 0.962 bits per heavy atom. The summed E-state index contributed by atoms with van der Waals surface area (Å²) in [5.74, 6) is 0.688. The van der Waals surface area contributed by atoms with Crippen LogP contribution in [-0.4, -0.2) is 50.5 Å². The fraction of sp³-hybridized carbons (Fsp3) is 0.900. The second-order valence-electron chi connectivity index (χ2n) is 6.75. The first kappa shape index (κ1) is 26.0. The summed E-state index contributed by atoms with van der Waals surface area (Å²) < 4.78 is 8.58. The Labute approximate surface area is 171 Å². The van der Waals surface area contributed by atoms with E-state index in [-0.39, 0.29) is 31.9 Å². The van der Waals surface area contributed by atoms with Gasteiger partial charge in [-0.15, -0.1) is 0 Å². The van der Waals surface area contributed by atoms with Gasteiger partial charge < -0.3 is 0 Å². The molecule has 0 radical (unpaired) electrons. The molecule has 0 spiro atoms. The summed E-state index contributed by atoms with van der Waals surface area (Å²) in [4.78, 5) is 23.3. The van der Waals surface area contributed by atoms with Gasteiger partial charge in [-0.1, -0.05) is 32.6 Å². The second kappa shape index (κ2) is 19.7. The van der Waals surface area contributed by atoms with Crippen molar-refractivity contribution in [1.82, 2.24) is 4.33 Å². The van der Waals surface area contributed by atoms with E-state index in [2.05, 4.69) is 11.3 Å². The standard InChI is InChI=1S/C20H39NO3SSe/c1-4-5-6-7-8-9-10-11-12-13-14-16-24-20(23)19(15-17-25-3)21-26-18(2)22/h19,21H,4-17H2,1-3H3/t19-/m0/s1. The summed E-state index contributed by atoms with van der Waals surface area (Å²) in [7, 11) is 0. The van der Waals surface area contributed by atoms with E-state index in [4.69, 9.17) is 4.74 Å². The van der Waals surface area contributed by atoms with Crippen molar-refractivity contribution in [2.75, 3.05) is 18.6 Å². The number of unbranched alkanes of at least 4 members (excludes halogenated alkanes) is 10. The van der Waals surface area contributed by atoms with Gasteiger partial charge in [0.1, 0.15) is 0 Å². The van der Waals surface area contributed by atoms with Crippen molar-refractivity contribution in [2.45, 2.75) is 96.9 Å². The van der Waals surface area contributed by atoms with E-state index in [0.717, 1.165) is 18.6 Å². The first-order chi connectivity index (χ1) is 12.6. The number of hydrogen-bond acceptors (Lipinski definition) is 5. The van der Waals surface area contributed by atoms with Crippen LogP contribution in [0.1, 0.15) is 90.9 Å². The van der Waals surface area contributed by atoms with Crippen molar-refractivity contribution in [3.63, 3.8) is 0 Å². The van der Waals surface area contributed by atoms with Crippen LogP contribution in [0.15, 0.2) is 0 Å². The third-order valence-corrected chi connectivity index (χ3v) is 6.32. The Morgan fingerprint density at radius 2 is 1.50 bits per heavy atom. The van der Waals surface area contributed by atoms with Gasteiger partial charge in [-0.2, -0.15) is 0 Å².